The third-order valence-corrected chi connectivity index (χ3v) is 4.40. The minimum atomic E-state index is -1.67. The van der Waals surface area contributed by atoms with Crippen molar-refractivity contribution in [3.05, 3.63) is 102 Å². The molecule has 0 aliphatic carbocycles. The van der Waals surface area contributed by atoms with Crippen LogP contribution in [0.25, 0.3) is 0 Å². The molecule has 3 aromatic carbocycles. The Labute approximate surface area is 169 Å². The Morgan fingerprint density at radius 1 is 0.793 bits per heavy atom. The number of hydrogen-bond donors (Lipinski definition) is 0. The van der Waals surface area contributed by atoms with Crippen LogP contribution < -0.4 is 4.74 Å². The topological polar surface area (TPSA) is 61.8 Å². The third-order valence-electron chi connectivity index (χ3n) is 4.40. The van der Waals surface area contributed by atoms with Crippen LogP contribution in [0.1, 0.15) is 33.2 Å². The van der Waals surface area contributed by atoms with Gasteiger partial charge >= 0.3 is 11.8 Å². The van der Waals surface area contributed by atoms with E-state index in [0.717, 1.165) is 0 Å². The van der Waals surface area contributed by atoms with Gasteiger partial charge in [-0.15, -0.1) is 0 Å². The maximum absolute atomic E-state index is 13.4. The van der Waals surface area contributed by atoms with Crippen molar-refractivity contribution < 1.29 is 23.8 Å². The summed E-state index contributed by atoms with van der Waals surface area (Å²) in [5, 5.41) is 0. The number of rotatable bonds is 8. The van der Waals surface area contributed by atoms with Gasteiger partial charge in [0.05, 0.1) is 12.2 Å². The Balaban J connectivity index is 2.00. The Bertz CT molecular complexity index is 952. The molecule has 0 bridgehead atoms. The van der Waals surface area contributed by atoms with Crippen LogP contribution in [0.3, 0.4) is 0 Å². The van der Waals surface area contributed by atoms with E-state index in [2.05, 4.69) is 0 Å². The summed E-state index contributed by atoms with van der Waals surface area (Å²) in [5.41, 5.74) is 1.42. The molecule has 0 aromatic heterocycles. The molecule has 0 saturated heterocycles. The highest BCUT2D eigenvalue weighted by atomic mass is 16.7. The van der Waals surface area contributed by atoms with Crippen LogP contribution >= 0.6 is 0 Å². The van der Waals surface area contributed by atoms with Crippen molar-refractivity contribution in [2.24, 2.45) is 0 Å². The summed E-state index contributed by atoms with van der Waals surface area (Å²) >= 11 is 0. The van der Waals surface area contributed by atoms with E-state index in [1.807, 2.05) is 24.3 Å². The molecule has 0 radical (unpaired) electrons. The molecule has 0 aliphatic heterocycles. The molecule has 5 nitrogen and oxygen atoms in total. The summed E-state index contributed by atoms with van der Waals surface area (Å²) in [6.07, 6.45) is 0. The lowest BCUT2D eigenvalue weighted by atomic mass is 9.95. The molecule has 1 unspecified atom stereocenters. The molecule has 0 aliphatic rings. The lowest BCUT2D eigenvalue weighted by molar-refractivity contribution is -0.134. The van der Waals surface area contributed by atoms with Gasteiger partial charge < -0.3 is 14.2 Å². The van der Waals surface area contributed by atoms with Crippen LogP contribution in [-0.2, 0) is 15.3 Å². The number of methoxy groups -OCH3 is 1. The summed E-state index contributed by atoms with van der Waals surface area (Å²) in [7, 11) is 1.43. The van der Waals surface area contributed by atoms with Gasteiger partial charge in [0, 0.05) is 18.2 Å². The highest BCUT2D eigenvalue weighted by Gasteiger charge is 2.44. The molecular weight excluding hydrogens is 368 g/mol. The number of carbonyl (C=O) groups excluding carboxylic acids is 2. The van der Waals surface area contributed by atoms with Crippen LogP contribution in [0.2, 0.25) is 0 Å². The minimum Gasteiger partial charge on any atom is -0.462 e. The van der Waals surface area contributed by atoms with Crippen molar-refractivity contribution in [3.63, 3.8) is 0 Å². The fraction of sp³-hybridized carbons (Fsp3) is 0.167. The van der Waals surface area contributed by atoms with Crippen LogP contribution in [0.5, 0.6) is 5.75 Å². The van der Waals surface area contributed by atoms with Gasteiger partial charge in [0.25, 0.3) is 0 Å². The predicted octanol–water partition coefficient (Wildman–Crippen LogP) is 4.62. The minimum absolute atomic E-state index is 0.295. The SMILES string of the molecule is CCOC(=O)c1ccc(OC(OC)(C(=O)c2ccccc2)c2ccccc2)cc1. The summed E-state index contributed by atoms with van der Waals surface area (Å²) in [5.74, 6) is -2.04. The molecule has 0 heterocycles. The molecule has 0 fully saturated rings. The number of benzene rings is 3. The molecule has 0 spiro atoms. The zero-order valence-corrected chi connectivity index (χ0v) is 16.3. The highest BCUT2D eigenvalue weighted by Crippen LogP contribution is 2.33. The Hall–Kier alpha value is -3.44. The number of esters is 1. The first-order chi connectivity index (χ1) is 14.1. The monoisotopic (exact) mass is 390 g/mol. The number of ether oxygens (including phenoxy) is 3. The fourth-order valence-corrected chi connectivity index (χ4v) is 2.97. The molecule has 3 aromatic rings. The number of carbonyl (C=O) groups is 2. The van der Waals surface area contributed by atoms with E-state index in [9.17, 15) is 9.59 Å². The first-order valence-corrected chi connectivity index (χ1v) is 9.27. The van der Waals surface area contributed by atoms with Crippen LogP contribution in [-0.4, -0.2) is 25.5 Å². The maximum Gasteiger partial charge on any atom is 0.338 e. The second-order valence-corrected chi connectivity index (χ2v) is 6.23. The molecule has 3 rings (SSSR count). The van der Waals surface area contributed by atoms with Crippen molar-refractivity contribution in [2.75, 3.05) is 13.7 Å². The van der Waals surface area contributed by atoms with Gasteiger partial charge in [-0.25, -0.2) is 4.79 Å². The maximum atomic E-state index is 13.4. The second kappa shape index (κ2) is 9.17. The molecule has 0 N–H and O–H groups in total. The molecule has 0 saturated carbocycles. The van der Waals surface area contributed by atoms with Gasteiger partial charge in [-0.1, -0.05) is 60.7 Å². The van der Waals surface area contributed by atoms with E-state index in [1.54, 1.807) is 67.6 Å². The van der Waals surface area contributed by atoms with Crippen LogP contribution in [0, 0.1) is 0 Å². The van der Waals surface area contributed by atoms with Crippen molar-refractivity contribution in [1.29, 1.82) is 0 Å². The number of Topliss-reactive ketones (excluding diaryl/α,β-unsaturated/α-hetero) is 1. The van der Waals surface area contributed by atoms with Crippen LogP contribution in [0.15, 0.2) is 84.9 Å². The molecule has 5 heteroatoms. The van der Waals surface area contributed by atoms with Gasteiger partial charge in [0.15, 0.2) is 0 Å². The van der Waals surface area contributed by atoms with Crippen molar-refractivity contribution in [1.82, 2.24) is 0 Å². The molecule has 29 heavy (non-hydrogen) atoms. The largest absolute Gasteiger partial charge is 0.462 e. The summed E-state index contributed by atoms with van der Waals surface area (Å²) in [6.45, 7) is 2.04. The first kappa shape index (κ1) is 20.3. The van der Waals surface area contributed by atoms with Gasteiger partial charge in [-0.2, -0.15) is 0 Å². The molecule has 148 valence electrons. The lowest BCUT2D eigenvalue weighted by Crippen LogP contribution is -2.43. The molecular formula is C24H22O5. The second-order valence-electron chi connectivity index (χ2n) is 6.23. The zero-order valence-electron chi connectivity index (χ0n) is 16.3. The quantitative estimate of drug-likeness (QED) is 0.319. The zero-order chi connectivity index (χ0) is 20.7. The Morgan fingerprint density at radius 3 is 1.93 bits per heavy atom. The smallest absolute Gasteiger partial charge is 0.338 e. The summed E-state index contributed by atoms with van der Waals surface area (Å²) in [6, 6.07) is 24.3. The standard InChI is InChI=1S/C24H22O5/c1-3-28-23(26)19-14-16-21(17-15-19)29-24(27-2,20-12-8-5-9-13-20)22(25)18-10-6-4-7-11-18/h4-17H,3H2,1-2H3. The number of ketones is 1. The van der Waals surface area contributed by atoms with Gasteiger partial charge in [-0.3, -0.25) is 4.79 Å². The average molecular weight is 390 g/mol. The average Bonchev–Trinajstić information content (AvgIpc) is 2.79. The van der Waals surface area contributed by atoms with E-state index in [0.29, 0.717) is 29.0 Å². The molecule has 0 amide bonds. The van der Waals surface area contributed by atoms with E-state index >= 15 is 0 Å². The summed E-state index contributed by atoms with van der Waals surface area (Å²) < 4.78 is 16.8. The van der Waals surface area contributed by atoms with Crippen LogP contribution in [0.4, 0.5) is 0 Å². The fourth-order valence-electron chi connectivity index (χ4n) is 2.97. The Morgan fingerprint density at radius 2 is 1.38 bits per heavy atom. The van der Waals surface area contributed by atoms with E-state index in [4.69, 9.17) is 14.2 Å². The van der Waals surface area contributed by atoms with E-state index in [1.165, 1.54) is 7.11 Å². The van der Waals surface area contributed by atoms with Gasteiger partial charge in [0.1, 0.15) is 5.75 Å². The van der Waals surface area contributed by atoms with Gasteiger partial charge in [0.2, 0.25) is 5.78 Å². The lowest BCUT2D eigenvalue weighted by Gasteiger charge is -2.32. The molecule has 1 atom stereocenters. The van der Waals surface area contributed by atoms with Crippen molar-refractivity contribution >= 4 is 11.8 Å². The van der Waals surface area contributed by atoms with Gasteiger partial charge in [-0.05, 0) is 31.2 Å². The normalized spacial score (nSPS) is 12.6. The Kier molecular flexibility index (Phi) is 6.42. The highest BCUT2D eigenvalue weighted by molar-refractivity contribution is 6.02. The summed E-state index contributed by atoms with van der Waals surface area (Å²) in [4.78, 5) is 25.3. The van der Waals surface area contributed by atoms with E-state index in [-0.39, 0.29) is 5.78 Å². The number of hydrogen-bond acceptors (Lipinski definition) is 5. The van der Waals surface area contributed by atoms with E-state index < -0.39 is 11.8 Å². The van der Waals surface area contributed by atoms with Crippen molar-refractivity contribution in [2.45, 2.75) is 12.7 Å². The first-order valence-electron chi connectivity index (χ1n) is 9.27. The van der Waals surface area contributed by atoms with Crippen molar-refractivity contribution in [3.8, 4) is 5.75 Å². The third kappa shape index (κ3) is 4.36. The predicted molar refractivity (Wildman–Crippen MR) is 109 cm³/mol.